The fourth-order valence-electron chi connectivity index (χ4n) is 4.28. The minimum atomic E-state index is -3.80. The molecule has 1 unspecified atom stereocenters. The predicted molar refractivity (Wildman–Crippen MR) is 146 cm³/mol. The maximum atomic E-state index is 13.2. The Bertz CT molecular complexity index is 1450. The summed E-state index contributed by atoms with van der Waals surface area (Å²) in [6.45, 7) is 0.300. The number of amides is 1. The minimum Gasteiger partial charge on any atom is -0.301 e. The fraction of sp³-hybridized carbons (Fsp3) is 0.231. The Morgan fingerprint density at radius 1 is 1.03 bits per heavy atom. The van der Waals surface area contributed by atoms with Gasteiger partial charge in [0.2, 0.25) is 5.91 Å². The van der Waals surface area contributed by atoms with Crippen LogP contribution in [0.15, 0.2) is 76.3 Å². The van der Waals surface area contributed by atoms with E-state index in [-0.39, 0.29) is 10.1 Å². The highest BCUT2D eigenvalue weighted by molar-refractivity contribution is 7.91. The van der Waals surface area contributed by atoms with Gasteiger partial charge in [-0.05, 0) is 42.5 Å². The molecule has 1 N–H and O–H groups in total. The van der Waals surface area contributed by atoms with Crippen molar-refractivity contribution in [3.8, 4) is 11.3 Å². The Kier molecular flexibility index (Phi) is 7.55. The number of carbonyl (C=O) groups excluding carboxylic acids is 1. The molecule has 2 aromatic carbocycles. The number of thiophene rings is 1. The van der Waals surface area contributed by atoms with E-state index in [4.69, 9.17) is 11.6 Å². The van der Waals surface area contributed by atoms with Crippen LogP contribution in [0.4, 0.5) is 5.13 Å². The van der Waals surface area contributed by atoms with Crippen LogP contribution in [0.1, 0.15) is 30.4 Å². The van der Waals surface area contributed by atoms with Crippen LogP contribution >= 0.6 is 34.3 Å². The van der Waals surface area contributed by atoms with Gasteiger partial charge in [0, 0.05) is 17.5 Å². The standard InChI is InChI=1S/C26H24ClN3O3S3/c27-23-13-14-24(35-23)36(32,33)30-15-5-4-8-22(30)25(31)29-26-28-21(17-34-26)20-11-9-19(10-12-20)16-18-6-2-1-3-7-18/h1-3,6-7,9-14,17,22H,4-5,8,15-16H2,(H,28,29,31). The zero-order chi connectivity index (χ0) is 25.1. The van der Waals surface area contributed by atoms with E-state index in [1.165, 1.54) is 32.8 Å². The molecule has 6 nitrogen and oxygen atoms in total. The molecule has 0 aliphatic carbocycles. The Morgan fingerprint density at radius 3 is 2.50 bits per heavy atom. The first-order valence-electron chi connectivity index (χ1n) is 11.6. The molecular weight excluding hydrogens is 534 g/mol. The molecule has 2 aromatic heterocycles. The number of rotatable bonds is 7. The fourth-order valence-corrected chi connectivity index (χ4v) is 8.28. The molecule has 0 spiro atoms. The van der Waals surface area contributed by atoms with Crippen molar-refractivity contribution in [2.75, 3.05) is 11.9 Å². The molecule has 5 rings (SSSR count). The Labute approximate surface area is 223 Å². The molecule has 186 valence electrons. The molecule has 0 bridgehead atoms. The van der Waals surface area contributed by atoms with E-state index in [9.17, 15) is 13.2 Å². The third-order valence-corrected chi connectivity index (χ3v) is 10.5. The van der Waals surface area contributed by atoms with Gasteiger partial charge < -0.3 is 5.32 Å². The lowest BCUT2D eigenvalue weighted by Crippen LogP contribution is -2.49. The van der Waals surface area contributed by atoms with Gasteiger partial charge >= 0.3 is 0 Å². The van der Waals surface area contributed by atoms with Crippen molar-refractivity contribution in [2.45, 2.75) is 35.9 Å². The van der Waals surface area contributed by atoms with E-state index in [0.717, 1.165) is 35.4 Å². The van der Waals surface area contributed by atoms with Gasteiger partial charge in [-0.25, -0.2) is 13.4 Å². The summed E-state index contributed by atoms with van der Waals surface area (Å²) >= 11 is 8.29. The number of hydrogen-bond donors (Lipinski definition) is 1. The summed E-state index contributed by atoms with van der Waals surface area (Å²) < 4.78 is 28.2. The quantitative estimate of drug-likeness (QED) is 0.289. The van der Waals surface area contributed by atoms with E-state index in [1.807, 2.05) is 35.7 Å². The van der Waals surface area contributed by atoms with Crippen molar-refractivity contribution in [2.24, 2.45) is 0 Å². The van der Waals surface area contributed by atoms with Crippen molar-refractivity contribution in [3.63, 3.8) is 0 Å². The maximum absolute atomic E-state index is 13.2. The van der Waals surface area contributed by atoms with Crippen molar-refractivity contribution in [1.82, 2.24) is 9.29 Å². The Hall–Kier alpha value is -2.56. The van der Waals surface area contributed by atoms with Crippen molar-refractivity contribution in [1.29, 1.82) is 0 Å². The van der Waals surface area contributed by atoms with Gasteiger partial charge in [-0.1, -0.05) is 72.6 Å². The van der Waals surface area contributed by atoms with Gasteiger partial charge in [-0.3, -0.25) is 4.79 Å². The second-order valence-electron chi connectivity index (χ2n) is 8.57. The van der Waals surface area contributed by atoms with Crippen LogP contribution in [0.5, 0.6) is 0 Å². The van der Waals surface area contributed by atoms with Crippen molar-refractivity contribution < 1.29 is 13.2 Å². The number of piperidine rings is 1. The number of nitrogens with one attached hydrogen (secondary N) is 1. The molecule has 1 aliphatic heterocycles. The van der Waals surface area contributed by atoms with Gasteiger partial charge in [-0.15, -0.1) is 22.7 Å². The minimum absolute atomic E-state index is 0.152. The molecule has 0 saturated carbocycles. The highest BCUT2D eigenvalue weighted by atomic mass is 35.5. The van der Waals surface area contributed by atoms with Crippen LogP contribution in [0, 0.1) is 0 Å². The van der Waals surface area contributed by atoms with Crippen molar-refractivity contribution >= 4 is 55.3 Å². The molecule has 1 amide bonds. The third-order valence-electron chi connectivity index (χ3n) is 6.10. The summed E-state index contributed by atoms with van der Waals surface area (Å²) in [6, 6.07) is 20.8. The first kappa shape index (κ1) is 25.1. The van der Waals surface area contributed by atoms with Gasteiger partial charge in [0.25, 0.3) is 10.0 Å². The average molecular weight is 558 g/mol. The van der Waals surface area contributed by atoms with Crippen LogP contribution in [-0.2, 0) is 21.2 Å². The van der Waals surface area contributed by atoms with Crippen LogP contribution < -0.4 is 5.32 Å². The SMILES string of the molecule is O=C(Nc1nc(-c2ccc(Cc3ccccc3)cc2)cs1)C1CCCCN1S(=O)(=O)c1ccc(Cl)s1. The second-order valence-corrected chi connectivity index (χ2v) is 13.3. The normalized spacial score (nSPS) is 16.6. The topological polar surface area (TPSA) is 79.4 Å². The number of anilines is 1. The summed E-state index contributed by atoms with van der Waals surface area (Å²) in [5.41, 5.74) is 4.19. The number of sulfonamides is 1. The van der Waals surface area contributed by atoms with Crippen LogP contribution in [0.2, 0.25) is 4.34 Å². The monoisotopic (exact) mass is 557 g/mol. The Morgan fingerprint density at radius 2 is 1.78 bits per heavy atom. The second kappa shape index (κ2) is 10.8. The predicted octanol–water partition coefficient (Wildman–Crippen LogP) is 6.30. The van der Waals surface area contributed by atoms with E-state index in [0.29, 0.717) is 28.9 Å². The lowest BCUT2D eigenvalue weighted by atomic mass is 10.0. The van der Waals surface area contributed by atoms with E-state index in [2.05, 4.69) is 34.6 Å². The highest BCUT2D eigenvalue weighted by Crippen LogP contribution is 2.32. The van der Waals surface area contributed by atoms with Crippen molar-refractivity contribution in [3.05, 3.63) is 87.6 Å². The molecular formula is C26H24ClN3O3S3. The molecule has 10 heteroatoms. The number of halogens is 1. The number of benzene rings is 2. The van der Waals surface area contributed by atoms with Gasteiger partial charge in [0.15, 0.2) is 5.13 Å². The van der Waals surface area contributed by atoms with E-state index in [1.54, 1.807) is 6.07 Å². The summed E-state index contributed by atoms with van der Waals surface area (Å²) in [5, 5.41) is 5.19. The highest BCUT2D eigenvalue weighted by Gasteiger charge is 2.38. The molecule has 1 atom stereocenters. The molecule has 36 heavy (non-hydrogen) atoms. The summed E-state index contributed by atoms with van der Waals surface area (Å²) in [4.78, 5) is 17.7. The van der Waals surface area contributed by atoms with E-state index < -0.39 is 16.1 Å². The van der Waals surface area contributed by atoms with E-state index >= 15 is 0 Å². The average Bonchev–Trinajstić information content (AvgIpc) is 3.55. The first-order valence-corrected chi connectivity index (χ1v) is 15.1. The van der Waals surface area contributed by atoms with Gasteiger partial charge in [0.05, 0.1) is 10.0 Å². The molecule has 1 fully saturated rings. The molecule has 0 radical (unpaired) electrons. The van der Waals surface area contributed by atoms with Crippen LogP contribution in [0.3, 0.4) is 0 Å². The molecule has 1 saturated heterocycles. The number of carbonyl (C=O) groups is 1. The van der Waals surface area contributed by atoms with Crippen LogP contribution in [-0.4, -0.2) is 36.2 Å². The van der Waals surface area contributed by atoms with Gasteiger partial charge in [-0.2, -0.15) is 4.31 Å². The zero-order valence-electron chi connectivity index (χ0n) is 19.3. The summed E-state index contributed by atoms with van der Waals surface area (Å²) in [6.07, 6.45) is 2.82. The number of hydrogen-bond acceptors (Lipinski definition) is 6. The van der Waals surface area contributed by atoms with Crippen LogP contribution in [0.25, 0.3) is 11.3 Å². The lowest BCUT2D eigenvalue weighted by molar-refractivity contribution is -0.120. The smallest absolute Gasteiger partial charge is 0.253 e. The lowest BCUT2D eigenvalue weighted by Gasteiger charge is -2.32. The number of aromatic nitrogens is 1. The zero-order valence-corrected chi connectivity index (χ0v) is 22.5. The summed E-state index contributed by atoms with van der Waals surface area (Å²) in [7, 11) is -3.80. The summed E-state index contributed by atoms with van der Waals surface area (Å²) in [5.74, 6) is -0.361. The maximum Gasteiger partial charge on any atom is 0.253 e. The first-order chi connectivity index (χ1) is 17.4. The van der Waals surface area contributed by atoms with Gasteiger partial charge in [0.1, 0.15) is 10.3 Å². The Balaban J connectivity index is 1.27. The number of thiazole rings is 1. The third kappa shape index (κ3) is 5.55. The number of nitrogens with zero attached hydrogens (tertiary/aromatic N) is 2. The largest absolute Gasteiger partial charge is 0.301 e. The molecule has 1 aliphatic rings. The molecule has 3 heterocycles. The molecule has 4 aromatic rings.